The van der Waals surface area contributed by atoms with Gasteiger partial charge >= 0.3 is 0 Å². The van der Waals surface area contributed by atoms with Crippen LogP contribution in [0.25, 0.3) is 0 Å². The van der Waals surface area contributed by atoms with E-state index in [0.717, 1.165) is 25.1 Å². The molecule has 0 saturated heterocycles. The van der Waals surface area contributed by atoms with Gasteiger partial charge in [-0.3, -0.25) is 0 Å². The molecular weight excluding hydrogens is 214 g/mol. The van der Waals surface area contributed by atoms with Crippen molar-refractivity contribution in [1.29, 1.82) is 0 Å². The first-order valence-corrected chi connectivity index (χ1v) is 5.83. The highest BCUT2D eigenvalue weighted by atomic mass is 16.5. The molecule has 1 rings (SSSR count). The van der Waals surface area contributed by atoms with Crippen molar-refractivity contribution in [2.75, 3.05) is 13.2 Å². The maximum Gasteiger partial charge on any atom is 0.161 e. The molecule has 3 heteroatoms. The van der Waals surface area contributed by atoms with Crippen LogP contribution >= 0.6 is 0 Å². The lowest BCUT2D eigenvalue weighted by Gasteiger charge is -2.08. The third-order valence-electron chi connectivity index (χ3n) is 2.26. The van der Waals surface area contributed by atoms with E-state index in [9.17, 15) is 5.11 Å². The second kappa shape index (κ2) is 7.59. The molecule has 0 unspecified atom stereocenters. The van der Waals surface area contributed by atoms with Gasteiger partial charge in [0, 0.05) is 19.5 Å². The predicted octanol–water partition coefficient (Wildman–Crippen LogP) is 2.29. The molecule has 0 aromatic heterocycles. The normalized spacial score (nSPS) is 9.53. The van der Waals surface area contributed by atoms with E-state index in [1.54, 1.807) is 6.07 Å². The van der Waals surface area contributed by atoms with E-state index < -0.39 is 0 Å². The molecule has 1 aromatic carbocycles. The summed E-state index contributed by atoms with van der Waals surface area (Å²) in [7, 11) is 0. The van der Waals surface area contributed by atoms with Crippen LogP contribution in [0.3, 0.4) is 0 Å². The molecule has 0 spiro atoms. The average molecular weight is 233 g/mol. The van der Waals surface area contributed by atoms with Gasteiger partial charge in [0.2, 0.25) is 0 Å². The zero-order chi connectivity index (χ0) is 12.5. The van der Waals surface area contributed by atoms with Crippen molar-refractivity contribution < 1.29 is 9.84 Å². The third-order valence-corrected chi connectivity index (χ3v) is 2.26. The Bertz CT molecular complexity index is 404. The number of phenols is 1. The predicted molar refractivity (Wildman–Crippen MR) is 69.0 cm³/mol. The number of hydrogen-bond donors (Lipinski definition) is 2. The minimum Gasteiger partial charge on any atom is -0.504 e. The van der Waals surface area contributed by atoms with Gasteiger partial charge in [-0.1, -0.05) is 6.07 Å². The van der Waals surface area contributed by atoms with Crippen molar-refractivity contribution in [1.82, 2.24) is 5.32 Å². The van der Waals surface area contributed by atoms with Gasteiger partial charge in [-0.05, 0) is 31.5 Å². The van der Waals surface area contributed by atoms with Gasteiger partial charge in [0.1, 0.15) is 0 Å². The molecule has 0 fully saturated rings. The summed E-state index contributed by atoms with van der Waals surface area (Å²) < 4.78 is 5.32. The van der Waals surface area contributed by atoms with Gasteiger partial charge in [0.05, 0.1) is 6.61 Å². The van der Waals surface area contributed by atoms with E-state index in [1.165, 1.54) is 0 Å². The smallest absolute Gasteiger partial charge is 0.161 e. The number of rotatable bonds is 6. The Hall–Kier alpha value is -1.66. The molecule has 92 valence electrons. The number of phenolic OH excluding ortho intramolecular Hbond substituents is 1. The van der Waals surface area contributed by atoms with Crippen LogP contribution in [0.4, 0.5) is 0 Å². The minimum atomic E-state index is 0.187. The van der Waals surface area contributed by atoms with Gasteiger partial charge in [0.25, 0.3) is 0 Å². The fourth-order valence-electron chi connectivity index (χ4n) is 1.45. The number of benzene rings is 1. The monoisotopic (exact) mass is 233 g/mol. The SMILES string of the molecule is CC#CCCNCc1ccc(O)c(OCC)c1. The highest BCUT2D eigenvalue weighted by molar-refractivity contribution is 5.41. The molecule has 0 aliphatic carbocycles. The first-order valence-electron chi connectivity index (χ1n) is 5.83. The standard InChI is InChI=1S/C14H19NO2/c1-3-5-6-9-15-11-12-7-8-13(16)14(10-12)17-4-2/h7-8,10,15-16H,4,6,9,11H2,1-2H3. The van der Waals surface area contributed by atoms with Gasteiger partial charge < -0.3 is 15.2 Å². The molecule has 0 aliphatic heterocycles. The van der Waals surface area contributed by atoms with Crippen molar-refractivity contribution in [3.63, 3.8) is 0 Å². The molecule has 0 amide bonds. The summed E-state index contributed by atoms with van der Waals surface area (Å²) in [6.07, 6.45) is 0.854. The Morgan fingerprint density at radius 3 is 2.94 bits per heavy atom. The van der Waals surface area contributed by atoms with Crippen LogP contribution in [0.5, 0.6) is 11.5 Å². The molecule has 0 saturated carbocycles. The highest BCUT2D eigenvalue weighted by Gasteiger charge is 2.02. The summed E-state index contributed by atoms with van der Waals surface area (Å²) in [6.45, 7) is 5.91. The van der Waals surface area contributed by atoms with E-state index in [0.29, 0.717) is 12.4 Å². The Morgan fingerprint density at radius 2 is 2.24 bits per heavy atom. The lowest BCUT2D eigenvalue weighted by molar-refractivity contribution is 0.317. The Morgan fingerprint density at radius 1 is 1.41 bits per heavy atom. The number of nitrogens with one attached hydrogen (secondary N) is 1. The summed E-state index contributed by atoms with van der Waals surface area (Å²) in [5, 5.41) is 12.8. The number of ether oxygens (including phenoxy) is 1. The molecule has 17 heavy (non-hydrogen) atoms. The molecule has 2 N–H and O–H groups in total. The van der Waals surface area contributed by atoms with Crippen molar-refractivity contribution in [2.24, 2.45) is 0 Å². The maximum absolute atomic E-state index is 9.54. The largest absolute Gasteiger partial charge is 0.504 e. The summed E-state index contributed by atoms with van der Waals surface area (Å²) in [4.78, 5) is 0. The van der Waals surface area contributed by atoms with E-state index in [1.807, 2.05) is 26.0 Å². The molecule has 0 bridgehead atoms. The van der Waals surface area contributed by atoms with E-state index in [2.05, 4.69) is 17.2 Å². The summed E-state index contributed by atoms with van der Waals surface area (Å²) in [5.74, 6) is 6.58. The zero-order valence-corrected chi connectivity index (χ0v) is 10.4. The molecule has 0 atom stereocenters. The van der Waals surface area contributed by atoms with Gasteiger partial charge in [-0.25, -0.2) is 0 Å². The topological polar surface area (TPSA) is 41.5 Å². The molecule has 0 aliphatic rings. The van der Waals surface area contributed by atoms with Crippen LogP contribution in [0.2, 0.25) is 0 Å². The van der Waals surface area contributed by atoms with Gasteiger partial charge in [-0.15, -0.1) is 11.8 Å². The highest BCUT2D eigenvalue weighted by Crippen LogP contribution is 2.26. The average Bonchev–Trinajstić information content (AvgIpc) is 2.33. The Kier molecular flexibility index (Phi) is 5.98. The summed E-state index contributed by atoms with van der Waals surface area (Å²) in [6, 6.07) is 5.40. The lowest BCUT2D eigenvalue weighted by Crippen LogP contribution is -2.14. The first-order chi connectivity index (χ1) is 8.27. The van der Waals surface area contributed by atoms with Gasteiger partial charge in [0.15, 0.2) is 11.5 Å². The van der Waals surface area contributed by atoms with E-state index in [4.69, 9.17) is 4.74 Å². The molecule has 1 aromatic rings. The quantitative estimate of drug-likeness (QED) is 0.585. The maximum atomic E-state index is 9.54. The molecule has 3 nitrogen and oxygen atoms in total. The van der Waals surface area contributed by atoms with Crippen LogP contribution in [0.1, 0.15) is 25.8 Å². The summed E-state index contributed by atoms with van der Waals surface area (Å²) >= 11 is 0. The molecule has 0 heterocycles. The number of aromatic hydroxyl groups is 1. The van der Waals surface area contributed by atoms with Gasteiger partial charge in [-0.2, -0.15) is 0 Å². The Labute approximate surface area is 103 Å². The Balaban J connectivity index is 2.47. The van der Waals surface area contributed by atoms with Crippen molar-refractivity contribution in [3.05, 3.63) is 23.8 Å². The van der Waals surface area contributed by atoms with Crippen LogP contribution < -0.4 is 10.1 Å². The van der Waals surface area contributed by atoms with Crippen molar-refractivity contribution in [3.8, 4) is 23.3 Å². The second-order valence-corrected chi connectivity index (χ2v) is 3.59. The van der Waals surface area contributed by atoms with Crippen LogP contribution in [0.15, 0.2) is 18.2 Å². The number of hydrogen-bond acceptors (Lipinski definition) is 3. The second-order valence-electron chi connectivity index (χ2n) is 3.59. The zero-order valence-electron chi connectivity index (χ0n) is 10.4. The summed E-state index contributed by atoms with van der Waals surface area (Å²) in [5.41, 5.74) is 1.09. The van der Waals surface area contributed by atoms with E-state index in [-0.39, 0.29) is 5.75 Å². The van der Waals surface area contributed by atoms with E-state index >= 15 is 0 Å². The van der Waals surface area contributed by atoms with Crippen molar-refractivity contribution in [2.45, 2.75) is 26.8 Å². The lowest BCUT2D eigenvalue weighted by atomic mass is 10.2. The van der Waals surface area contributed by atoms with Crippen LogP contribution in [-0.2, 0) is 6.54 Å². The fraction of sp³-hybridized carbons (Fsp3) is 0.429. The first kappa shape index (κ1) is 13.4. The van der Waals surface area contributed by atoms with Crippen molar-refractivity contribution >= 4 is 0 Å². The molecule has 0 radical (unpaired) electrons. The van der Waals surface area contributed by atoms with Crippen LogP contribution in [0, 0.1) is 11.8 Å². The fourth-order valence-corrected chi connectivity index (χ4v) is 1.45. The van der Waals surface area contributed by atoms with Crippen LogP contribution in [-0.4, -0.2) is 18.3 Å². The third kappa shape index (κ3) is 4.80. The minimum absolute atomic E-state index is 0.187. The molecular formula is C14H19NO2.